The summed E-state index contributed by atoms with van der Waals surface area (Å²) in [6.45, 7) is 0.711. The molecular weight excluding hydrogens is 243 g/mol. The van der Waals surface area contributed by atoms with E-state index >= 15 is 0 Å². The molecule has 14 heavy (non-hydrogen) atoms. The fourth-order valence-corrected chi connectivity index (χ4v) is 3.93. The molecule has 0 radical (unpaired) electrons. The minimum absolute atomic E-state index is 0.332. The third-order valence-corrected chi connectivity index (χ3v) is 5.03. The number of hydrogen-bond acceptors (Lipinski definition) is 2. The molecule has 1 aromatic rings. The van der Waals surface area contributed by atoms with E-state index in [-0.39, 0.29) is 0 Å². The van der Waals surface area contributed by atoms with Gasteiger partial charge in [-0.05, 0) is 0 Å². The van der Waals surface area contributed by atoms with Crippen molar-refractivity contribution in [1.82, 2.24) is 0 Å². The Morgan fingerprint density at radius 2 is 2.07 bits per heavy atom. The van der Waals surface area contributed by atoms with Crippen LogP contribution in [0.2, 0.25) is 4.82 Å². The summed E-state index contributed by atoms with van der Waals surface area (Å²) < 4.78 is 6.58. The van der Waals surface area contributed by atoms with Crippen molar-refractivity contribution >= 4 is 19.4 Å². The Kier molecular flexibility index (Phi) is 3.60. The molecule has 3 heteroatoms. The predicted molar refractivity (Wildman–Crippen MR) is 56.8 cm³/mol. The zero-order valence-electron chi connectivity index (χ0n) is 7.93. The van der Waals surface area contributed by atoms with E-state index in [0.717, 1.165) is 12.8 Å². The van der Waals surface area contributed by atoms with Crippen LogP contribution in [0.3, 0.4) is 0 Å². The maximum atomic E-state index is 9.62. The molecule has 0 aliphatic carbocycles. The van der Waals surface area contributed by atoms with Gasteiger partial charge in [0.2, 0.25) is 0 Å². The number of benzene rings is 1. The Labute approximate surface area is 90.4 Å². The van der Waals surface area contributed by atoms with Gasteiger partial charge in [-0.2, -0.15) is 0 Å². The Morgan fingerprint density at radius 3 is 2.79 bits per heavy atom. The summed E-state index contributed by atoms with van der Waals surface area (Å²) in [5, 5.41) is 9.62. The topological polar surface area (TPSA) is 29.5 Å². The molecule has 76 valence electrons. The fourth-order valence-electron chi connectivity index (χ4n) is 1.53. The molecule has 1 aromatic carbocycles. The van der Waals surface area contributed by atoms with Gasteiger partial charge in [0.25, 0.3) is 0 Å². The molecule has 0 spiro atoms. The van der Waals surface area contributed by atoms with E-state index in [2.05, 4.69) is 12.1 Å². The normalized spacial score (nSPS) is 27.5. The van der Waals surface area contributed by atoms with Crippen LogP contribution in [-0.4, -0.2) is 33.0 Å². The summed E-state index contributed by atoms with van der Waals surface area (Å²) in [5.41, 5.74) is 0. The van der Waals surface area contributed by atoms with Crippen LogP contribution < -0.4 is 4.46 Å². The second-order valence-electron chi connectivity index (χ2n) is 3.37. The molecule has 0 bridgehead atoms. The second kappa shape index (κ2) is 4.94. The van der Waals surface area contributed by atoms with Crippen LogP contribution in [0.1, 0.15) is 12.8 Å². The van der Waals surface area contributed by atoms with Crippen LogP contribution in [0.4, 0.5) is 0 Å². The van der Waals surface area contributed by atoms with Gasteiger partial charge in [0, 0.05) is 0 Å². The predicted octanol–water partition coefficient (Wildman–Crippen LogP) is 0.933. The molecule has 2 rings (SSSR count). The standard InChI is InChI=1S/C11H14O2Se/c12-11-10(7-4-8-13-11)14-9-5-2-1-3-6-9/h1-3,5-6,10-12H,4,7-8H2/t10-,11+/m0/s1. The van der Waals surface area contributed by atoms with Crippen LogP contribution in [0.25, 0.3) is 0 Å². The Balaban J connectivity index is 1.96. The summed E-state index contributed by atoms with van der Waals surface area (Å²) in [5.74, 6) is 0. The fraction of sp³-hybridized carbons (Fsp3) is 0.455. The first-order chi connectivity index (χ1) is 6.86. The monoisotopic (exact) mass is 258 g/mol. The van der Waals surface area contributed by atoms with Gasteiger partial charge in [0.1, 0.15) is 0 Å². The minimum atomic E-state index is -0.538. The van der Waals surface area contributed by atoms with Crippen molar-refractivity contribution in [3.63, 3.8) is 0 Å². The van der Waals surface area contributed by atoms with Crippen LogP contribution in [0, 0.1) is 0 Å². The van der Waals surface area contributed by atoms with Gasteiger partial charge in [-0.3, -0.25) is 0 Å². The van der Waals surface area contributed by atoms with Gasteiger partial charge in [-0.25, -0.2) is 0 Å². The van der Waals surface area contributed by atoms with Crippen molar-refractivity contribution in [3.8, 4) is 0 Å². The van der Waals surface area contributed by atoms with E-state index in [1.807, 2.05) is 18.2 Å². The number of aliphatic hydroxyl groups excluding tert-OH is 1. The molecule has 1 heterocycles. The summed E-state index contributed by atoms with van der Waals surface area (Å²) in [7, 11) is 0. The molecule has 2 atom stereocenters. The number of ether oxygens (including phenoxy) is 1. The van der Waals surface area contributed by atoms with Crippen LogP contribution in [0.15, 0.2) is 30.3 Å². The molecule has 1 saturated heterocycles. The molecule has 1 fully saturated rings. The SMILES string of the molecule is O[C@@H]1OCCC[C@@H]1[Se]c1ccccc1. The summed E-state index contributed by atoms with van der Waals surface area (Å²) >= 11 is 0.334. The van der Waals surface area contributed by atoms with Crippen molar-refractivity contribution in [1.29, 1.82) is 0 Å². The van der Waals surface area contributed by atoms with Crippen molar-refractivity contribution in [3.05, 3.63) is 30.3 Å². The molecule has 0 saturated carbocycles. The van der Waals surface area contributed by atoms with E-state index in [1.165, 1.54) is 4.46 Å². The average Bonchev–Trinajstić information content (AvgIpc) is 2.23. The Bertz CT molecular complexity index is 276. The molecule has 1 aliphatic heterocycles. The number of hydrogen-bond donors (Lipinski definition) is 1. The molecule has 0 aromatic heterocycles. The summed E-state index contributed by atoms with van der Waals surface area (Å²) in [6.07, 6.45) is 1.63. The molecule has 1 aliphatic rings. The molecular formula is C11H14O2Se. The van der Waals surface area contributed by atoms with E-state index in [4.69, 9.17) is 4.74 Å². The van der Waals surface area contributed by atoms with Gasteiger partial charge in [0.15, 0.2) is 0 Å². The summed E-state index contributed by atoms with van der Waals surface area (Å²) in [6, 6.07) is 10.4. The van der Waals surface area contributed by atoms with E-state index in [1.54, 1.807) is 0 Å². The van der Waals surface area contributed by atoms with Gasteiger partial charge in [-0.1, -0.05) is 0 Å². The van der Waals surface area contributed by atoms with E-state index in [9.17, 15) is 5.11 Å². The van der Waals surface area contributed by atoms with Crippen molar-refractivity contribution < 1.29 is 9.84 Å². The van der Waals surface area contributed by atoms with Gasteiger partial charge in [-0.15, -0.1) is 0 Å². The molecule has 1 N–H and O–H groups in total. The average molecular weight is 257 g/mol. The van der Waals surface area contributed by atoms with Crippen molar-refractivity contribution in [2.45, 2.75) is 23.9 Å². The zero-order valence-corrected chi connectivity index (χ0v) is 9.64. The first kappa shape index (κ1) is 10.2. The number of rotatable bonds is 2. The van der Waals surface area contributed by atoms with Gasteiger partial charge < -0.3 is 0 Å². The van der Waals surface area contributed by atoms with Crippen LogP contribution >= 0.6 is 0 Å². The van der Waals surface area contributed by atoms with E-state index in [0.29, 0.717) is 26.4 Å². The van der Waals surface area contributed by atoms with Crippen LogP contribution in [0.5, 0.6) is 0 Å². The first-order valence-electron chi connectivity index (χ1n) is 4.87. The second-order valence-corrected chi connectivity index (χ2v) is 6.13. The molecule has 2 nitrogen and oxygen atoms in total. The zero-order chi connectivity index (χ0) is 9.80. The maximum absolute atomic E-state index is 9.62. The van der Waals surface area contributed by atoms with Gasteiger partial charge >= 0.3 is 90.1 Å². The van der Waals surface area contributed by atoms with Crippen LogP contribution in [-0.2, 0) is 4.74 Å². The van der Waals surface area contributed by atoms with Crippen molar-refractivity contribution in [2.24, 2.45) is 0 Å². The first-order valence-corrected chi connectivity index (χ1v) is 6.72. The number of aliphatic hydroxyl groups is 1. The molecule has 0 amide bonds. The molecule has 0 unspecified atom stereocenters. The van der Waals surface area contributed by atoms with Gasteiger partial charge in [0.05, 0.1) is 0 Å². The third kappa shape index (κ3) is 2.58. The van der Waals surface area contributed by atoms with E-state index < -0.39 is 6.29 Å². The summed E-state index contributed by atoms with van der Waals surface area (Å²) in [4.78, 5) is 0.332. The van der Waals surface area contributed by atoms with Crippen molar-refractivity contribution in [2.75, 3.05) is 6.61 Å². The Morgan fingerprint density at radius 1 is 1.29 bits per heavy atom. The Hall–Kier alpha value is -0.341. The third-order valence-electron chi connectivity index (χ3n) is 2.27. The quantitative estimate of drug-likeness (QED) is 0.799.